The lowest BCUT2D eigenvalue weighted by Gasteiger charge is -2.37. The third kappa shape index (κ3) is 7.34. The highest BCUT2D eigenvalue weighted by Crippen LogP contribution is 2.24. The van der Waals surface area contributed by atoms with E-state index in [9.17, 15) is 9.18 Å². The number of carbonyl (C=O) groups is 1. The molecule has 8 heteroatoms. The van der Waals surface area contributed by atoms with Crippen molar-refractivity contribution in [3.05, 3.63) is 29.0 Å². The first-order valence-corrected chi connectivity index (χ1v) is 10.0. The molecule has 0 saturated carbocycles. The summed E-state index contributed by atoms with van der Waals surface area (Å²) in [6, 6.07) is 4.98. The second-order valence-corrected chi connectivity index (χ2v) is 8.04. The molecule has 0 spiro atoms. The van der Waals surface area contributed by atoms with Crippen LogP contribution in [0.1, 0.15) is 26.2 Å². The number of piperazine rings is 1. The molecule has 2 saturated heterocycles. The van der Waals surface area contributed by atoms with E-state index in [-0.39, 0.29) is 41.4 Å². The van der Waals surface area contributed by atoms with E-state index in [1.54, 1.807) is 13.0 Å². The number of nitrogens with zero attached hydrogens (tertiary/aromatic N) is 3. The molecule has 0 amide bonds. The molecule has 4 nitrogen and oxygen atoms in total. The minimum Gasteiger partial charge on any atom is -0.369 e. The van der Waals surface area contributed by atoms with Crippen LogP contribution in [0, 0.1) is 11.7 Å². The van der Waals surface area contributed by atoms with E-state index in [0.29, 0.717) is 6.54 Å². The van der Waals surface area contributed by atoms with Crippen LogP contribution in [-0.2, 0) is 4.79 Å². The minimum atomic E-state index is -0.358. The molecule has 0 atom stereocenters. The summed E-state index contributed by atoms with van der Waals surface area (Å²) in [6.45, 7) is 9.55. The van der Waals surface area contributed by atoms with Crippen LogP contribution in [0.25, 0.3) is 0 Å². The lowest BCUT2D eigenvalue weighted by Crippen LogP contribution is -2.47. The molecule has 2 fully saturated rings. The summed E-state index contributed by atoms with van der Waals surface area (Å²) in [4.78, 5) is 18.3. The Kier molecular flexibility index (Phi) is 11.1. The molecule has 1 aromatic carbocycles. The highest BCUT2D eigenvalue weighted by atomic mass is 35.5. The number of anilines is 1. The molecule has 160 valence electrons. The van der Waals surface area contributed by atoms with Crippen molar-refractivity contribution in [2.45, 2.75) is 26.2 Å². The standard InChI is InChI=1S/C20H29ClFN3O.2ClH/c1-16(26)15-24-8-5-17(6-9-24)4-7-23-10-12-25(13-11-23)18-2-3-20(22)19(21)14-18;;/h2-3,14,17H,4-13,15H2,1H3;2*1H. The van der Waals surface area contributed by atoms with Gasteiger partial charge >= 0.3 is 0 Å². The Bertz CT molecular complexity index is 619. The summed E-state index contributed by atoms with van der Waals surface area (Å²) in [6.07, 6.45) is 3.67. The van der Waals surface area contributed by atoms with E-state index in [4.69, 9.17) is 11.6 Å². The van der Waals surface area contributed by atoms with Crippen molar-refractivity contribution in [3.8, 4) is 0 Å². The lowest BCUT2D eigenvalue weighted by atomic mass is 9.93. The summed E-state index contributed by atoms with van der Waals surface area (Å²) in [5.74, 6) is 0.694. The van der Waals surface area contributed by atoms with Crippen LogP contribution in [0.3, 0.4) is 0 Å². The number of ketones is 1. The Morgan fingerprint density at radius 3 is 2.29 bits per heavy atom. The third-order valence-electron chi connectivity index (χ3n) is 5.65. The van der Waals surface area contributed by atoms with Gasteiger partial charge in [0.15, 0.2) is 0 Å². The fourth-order valence-electron chi connectivity index (χ4n) is 4.02. The zero-order valence-electron chi connectivity index (χ0n) is 16.4. The zero-order chi connectivity index (χ0) is 18.5. The van der Waals surface area contributed by atoms with Gasteiger partial charge in [-0.1, -0.05) is 11.6 Å². The van der Waals surface area contributed by atoms with Gasteiger partial charge in [0.1, 0.15) is 11.6 Å². The highest BCUT2D eigenvalue weighted by Gasteiger charge is 2.22. The SMILES string of the molecule is CC(=O)CN1CCC(CCN2CCN(c3ccc(F)c(Cl)c3)CC2)CC1.Cl.Cl. The predicted octanol–water partition coefficient (Wildman–Crippen LogP) is 4.14. The molecule has 2 aliphatic heterocycles. The summed E-state index contributed by atoms with van der Waals surface area (Å²) in [5, 5.41) is 0.195. The Hall–Kier alpha value is -0.590. The second-order valence-electron chi connectivity index (χ2n) is 7.64. The summed E-state index contributed by atoms with van der Waals surface area (Å²) in [5.41, 5.74) is 1.01. The number of hydrogen-bond donors (Lipinski definition) is 0. The number of likely N-dealkylation sites (tertiary alicyclic amines) is 1. The van der Waals surface area contributed by atoms with Gasteiger partial charge < -0.3 is 4.90 Å². The van der Waals surface area contributed by atoms with Crippen molar-refractivity contribution in [1.29, 1.82) is 0 Å². The molecular formula is C20H31Cl3FN3O. The molecular weight excluding hydrogens is 424 g/mol. The van der Waals surface area contributed by atoms with E-state index in [0.717, 1.165) is 57.4 Å². The average Bonchev–Trinajstić information content (AvgIpc) is 2.63. The van der Waals surface area contributed by atoms with E-state index < -0.39 is 0 Å². The largest absolute Gasteiger partial charge is 0.369 e. The van der Waals surface area contributed by atoms with Crippen LogP contribution in [0.15, 0.2) is 18.2 Å². The maximum absolute atomic E-state index is 13.3. The van der Waals surface area contributed by atoms with E-state index in [1.165, 1.54) is 25.3 Å². The maximum Gasteiger partial charge on any atom is 0.143 e. The van der Waals surface area contributed by atoms with Crippen molar-refractivity contribution < 1.29 is 9.18 Å². The number of Topliss-reactive ketones (excluding diaryl/α,β-unsaturated/α-hetero) is 1. The van der Waals surface area contributed by atoms with Gasteiger partial charge in [0, 0.05) is 31.9 Å². The maximum atomic E-state index is 13.3. The molecule has 2 heterocycles. The number of carbonyl (C=O) groups excluding carboxylic acids is 1. The first-order chi connectivity index (χ1) is 12.5. The van der Waals surface area contributed by atoms with E-state index >= 15 is 0 Å². The summed E-state index contributed by atoms with van der Waals surface area (Å²) < 4.78 is 13.3. The van der Waals surface area contributed by atoms with Crippen molar-refractivity contribution in [2.24, 2.45) is 5.92 Å². The van der Waals surface area contributed by atoms with Gasteiger partial charge in [-0.2, -0.15) is 0 Å². The first kappa shape index (κ1) is 25.4. The van der Waals surface area contributed by atoms with Gasteiger partial charge in [-0.15, -0.1) is 24.8 Å². The molecule has 0 bridgehead atoms. The van der Waals surface area contributed by atoms with E-state index in [2.05, 4.69) is 14.7 Å². The molecule has 3 rings (SSSR count). The zero-order valence-corrected chi connectivity index (χ0v) is 18.8. The Morgan fingerprint density at radius 1 is 1.07 bits per heavy atom. The Labute approximate surface area is 185 Å². The highest BCUT2D eigenvalue weighted by molar-refractivity contribution is 6.31. The van der Waals surface area contributed by atoms with Gasteiger partial charge in [-0.05, 0) is 69.9 Å². The van der Waals surface area contributed by atoms with Crippen LogP contribution in [0.2, 0.25) is 5.02 Å². The number of rotatable bonds is 6. The molecule has 0 unspecified atom stereocenters. The second kappa shape index (κ2) is 12.2. The molecule has 28 heavy (non-hydrogen) atoms. The van der Waals surface area contributed by atoms with Crippen molar-refractivity contribution in [2.75, 3.05) is 57.3 Å². The number of piperidine rings is 1. The van der Waals surface area contributed by atoms with Crippen LogP contribution in [0.4, 0.5) is 10.1 Å². The first-order valence-electron chi connectivity index (χ1n) is 9.65. The molecule has 0 N–H and O–H groups in total. The monoisotopic (exact) mass is 453 g/mol. The smallest absolute Gasteiger partial charge is 0.143 e. The van der Waals surface area contributed by atoms with Gasteiger partial charge in [-0.25, -0.2) is 4.39 Å². The third-order valence-corrected chi connectivity index (χ3v) is 5.94. The average molecular weight is 455 g/mol. The van der Waals surface area contributed by atoms with Gasteiger partial charge in [0.25, 0.3) is 0 Å². The lowest BCUT2D eigenvalue weighted by molar-refractivity contribution is -0.118. The summed E-state index contributed by atoms with van der Waals surface area (Å²) in [7, 11) is 0. The Balaban J connectivity index is 0.00000196. The predicted molar refractivity (Wildman–Crippen MR) is 119 cm³/mol. The quantitative estimate of drug-likeness (QED) is 0.645. The Morgan fingerprint density at radius 2 is 1.71 bits per heavy atom. The topological polar surface area (TPSA) is 26.8 Å². The molecule has 0 aliphatic carbocycles. The van der Waals surface area contributed by atoms with Crippen molar-refractivity contribution in [3.63, 3.8) is 0 Å². The van der Waals surface area contributed by atoms with Crippen LogP contribution < -0.4 is 4.90 Å². The van der Waals surface area contributed by atoms with Gasteiger partial charge in [0.05, 0.1) is 11.6 Å². The fourth-order valence-corrected chi connectivity index (χ4v) is 4.20. The number of hydrogen-bond acceptors (Lipinski definition) is 4. The number of halogens is 4. The van der Waals surface area contributed by atoms with Gasteiger partial charge in [-0.3, -0.25) is 14.6 Å². The minimum absolute atomic E-state index is 0. The number of benzene rings is 1. The van der Waals surface area contributed by atoms with Gasteiger partial charge in [0.2, 0.25) is 0 Å². The fraction of sp³-hybridized carbons (Fsp3) is 0.650. The molecule has 0 aromatic heterocycles. The van der Waals surface area contributed by atoms with Crippen LogP contribution in [-0.4, -0.2) is 67.9 Å². The van der Waals surface area contributed by atoms with Crippen molar-refractivity contribution >= 4 is 47.9 Å². The normalized spacial score (nSPS) is 19.0. The van der Waals surface area contributed by atoms with E-state index in [1.807, 2.05) is 6.07 Å². The van der Waals surface area contributed by atoms with Crippen LogP contribution >= 0.6 is 36.4 Å². The molecule has 0 radical (unpaired) electrons. The molecule has 1 aromatic rings. The summed E-state index contributed by atoms with van der Waals surface area (Å²) >= 11 is 5.90. The van der Waals surface area contributed by atoms with Crippen LogP contribution in [0.5, 0.6) is 0 Å². The molecule has 2 aliphatic rings. The van der Waals surface area contributed by atoms with Crippen molar-refractivity contribution in [1.82, 2.24) is 9.80 Å².